The summed E-state index contributed by atoms with van der Waals surface area (Å²) in [5.74, 6) is -3.18. The van der Waals surface area contributed by atoms with Gasteiger partial charge in [-0.15, -0.1) is 0 Å². The van der Waals surface area contributed by atoms with Crippen LogP contribution in [0.1, 0.15) is 6.04 Å². The van der Waals surface area contributed by atoms with Gasteiger partial charge in [-0.1, -0.05) is 0 Å². The summed E-state index contributed by atoms with van der Waals surface area (Å²) >= 11 is 0. The van der Waals surface area contributed by atoms with Crippen LogP contribution in [-0.4, -0.2) is 31.7 Å². The predicted octanol–water partition coefficient (Wildman–Crippen LogP) is -1.11. The lowest BCUT2D eigenvalue weighted by molar-refractivity contribution is -0.153. The van der Waals surface area contributed by atoms with E-state index in [0.29, 0.717) is 4.57 Å². The van der Waals surface area contributed by atoms with Crippen LogP contribution in [0.25, 0.3) is 0 Å². The molecule has 1 aromatic heterocycles. The average Bonchev–Trinajstić information content (AvgIpc) is 2.35. The molecule has 0 amide bonds. The topological polar surface area (TPSA) is 112 Å². The van der Waals surface area contributed by atoms with Crippen molar-refractivity contribution in [2.75, 3.05) is 0 Å². The summed E-state index contributed by atoms with van der Waals surface area (Å²) in [6.45, 7) is 0. The summed E-state index contributed by atoms with van der Waals surface area (Å²) in [5, 5.41) is 17.0. The molecule has 1 rings (SSSR count). The van der Waals surface area contributed by atoms with Crippen molar-refractivity contribution < 1.29 is 19.8 Å². The predicted molar refractivity (Wildman–Crippen MR) is 39.4 cm³/mol. The molecule has 0 unspecified atom stereocenters. The van der Waals surface area contributed by atoms with Gasteiger partial charge in [-0.2, -0.15) is 0 Å². The number of aromatic nitrogens is 2. The lowest BCUT2D eigenvalue weighted by atomic mass is 10.3. The Morgan fingerprint density at radius 3 is 2.23 bits per heavy atom. The fourth-order valence-electron chi connectivity index (χ4n) is 0.878. The number of rotatable bonds is 3. The first-order valence-electron chi connectivity index (χ1n) is 3.25. The van der Waals surface area contributed by atoms with Crippen LogP contribution in [0.15, 0.2) is 17.2 Å². The molecule has 0 aliphatic rings. The van der Waals surface area contributed by atoms with E-state index < -0.39 is 23.7 Å². The van der Waals surface area contributed by atoms with Gasteiger partial charge in [0.1, 0.15) is 0 Å². The summed E-state index contributed by atoms with van der Waals surface area (Å²) in [4.78, 5) is 33.9. The maximum atomic E-state index is 10.9. The van der Waals surface area contributed by atoms with E-state index in [0.717, 1.165) is 6.20 Å². The van der Waals surface area contributed by atoms with Crippen molar-refractivity contribution in [2.45, 2.75) is 6.04 Å². The average molecular weight is 186 g/mol. The minimum atomic E-state index is -1.88. The molecule has 0 bridgehead atoms. The SMILES string of the molecule is O=C(O)C(C(=O)O)n1cc[nH]c1=O. The van der Waals surface area contributed by atoms with Crippen LogP contribution in [-0.2, 0) is 9.59 Å². The monoisotopic (exact) mass is 186 g/mol. The number of carboxylic acids is 2. The van der Waals surface area contributed by atoms with Crippen LogP contribution in [0.2, 0.25) is 0 Å². The Morgan fingerprint density at radius 1 is 1.38 bits per heavy atom. The normalized spacial score (nSPS) is 10.2. The lowest BCUT2D eigenvalue weighted by Gasteiger charge is -2.06. The van der Waals surface area contributed by atoms with Gasteiger partial charge in [-0.3, -0.25) is 4.57 Å². The van der Waals surface area contributed by atoms with E-state index in [1.807, 2.05) is 0 Å². The Kier molecular flexibility index (Phi) is 2.18. The molecule has 0 radical (unpaired) electrons. The van der Waals surface area contributed by atoms with Crippen LogP contribution < -0.4 is 5.69 Å². The van der Waals surface area contributed by atoms with Crippen molar-refractivity contribution in [3.63, 3.8) is 0 Å². The molecule has 13 heavy (non-hydrogen) atoms. The smallest absolute Gasteiger partial charge is 0.338 e. The number of hydrogen-bond donors (Lipinski definition) is 3. The quantitative estimate of drug-likeness (QED) is 0.518. The van der Waals surface area contributed by atoms with E-state index in [1.165, 1.54) is 6.20 Å². The van der Waals surface area contributed by atoms with Crippen molar-refractivity contribution in [3.05, 3.63) is 22.9 Å². The number of H-pyrrole nitrogens is 1. The van der Waals surface area contributed by atoms with Gasteiger partial charge in [-0.25, -0.2) is 14.4 Å². The third kappa shape index (κ3) is 1.58. The molecule has 0 spiro atoms. The van der Waals surface area contributed by atoms with Crippen LogP contribution in [0.5, 0.6) is 0 Å². The molecule has 7 nitrogen and oxygen atoms in total. The summed E-state index contributed by atoms with van der Waals surface area (Å²) in [6, 6.07) is -1.88. The molecule has 1 heterocycles. The lowest BCUT2D eigenvalue weighted by Crippen LogP contribution is -2.33. The zero-order chi connectivity index (χ0) is 10.0. The van der Waals surface area contributed by atoms with Crippen LogP contribution in [0, 0.1) is 0 Å². The van der Waals surface area contributed by atoms with Gasteiger partial charge in [0.15, 0.2) is 0 Å². The highest BCUT2D eigenvalue weighted by atomic mass is 16.4. The number of aliphatic carboxylic acids is 2. The second kappa shape index (κ2) is 3.13. The third-order valence-corrected chi connectivity index (χ3v) is 1.42. The van der Waals surface area contributed by atoms with E-state index in [-0.39, 0.29) is 0 Å². The molecular formula is C6H6N2O5. The molecule has 3 N–H and O–H groups in total. The van der Waals surface area contributed by atoms with Gasteiger partial charge in [0.05, 0.1) is 0 Å². The van der Waals surface area contributed by atoms with E-state index >= 15 is 0 Å². The Balaban J connectivity index is 3.17. The van der Waals surface area contributed by atoms with E-state index in [1.54, 1.807) is 0 Å². The zero-order valence-electron chi connectivity index (χ0n) is 6.30. The van der Waals surface area contributed by atoms with Gasteiger partial charge in [0.25, 0.3) is 0 Å². The van der Waals surface area contributed by atoms with Crippen molar-refractivity contribution >= 4 is 11.9 Å². The Labute approximate surface area is 71.2 Å². The molecule has 0 aromatic carbocycles. The largest absolute Gasteiger partial charge is 0.479 e. The van der Waals surface area contributed by atoms with Gasteiger partial charge in [0, 0.05) is 12.4 Å². The molecule has 0 aliphatic carbocycles. The number of nitrogens with one attached hydrogen (secondary N) is 1. The molecule has 1 aromatic rings. The highest BCUT2D eigenvalue weighted by Gasteiger charge is 2.28. The molecule has 7 heteroatoms. The van der Waals surface area contributed by atoms with Gasteiger partial charge in [-0.05, 0) is 0 Å². The number of carboxylic acid groups (broad SMARTS) is 2. The molecule has 0 aliphatic heterocycles. The number of nitrogens with zero attached hydrogens (tertiary/aromatic N) is 1. The standard InChI is InChI=1S/C6H6N2O5/c9-4(10)3(5(11)12)8-2-1-7-6(8)13/h1-3H,(H,7,13)(H,9,10)(H,11,12). The highest BCUT2D eigenvalue weighted by Crippen LogP contribution is 2.02. The highest BCUT2D eigenvalue weighted by molar-refractivity contribution is 5.95. The summed E-state index contributed by atoms with van der Waals surface area (Å²) in [7, 11) is 0. The molecular weight excluding hydrogens is 180 g/mol. The number of imidazole rings is 1. The van der Waals surface area contributed by atoms with Crippen molar-refractivity contribution in [1.82, 2.24) is 9.55 Å². The third-order valence-electron chi connectivity index (χ3n) is 1.42. The first kappa shape index (κ1) is 9.04. The maximum absolute atomic E-state index is 10.9. The number of aromatic amines is 1. The fourth-order valence-corrected chi connectivity index (χ4v) is 0.878. The first-order chi connectivity index (χ1) is 6.04. The first-order valence-corrected chi connectivity index (χ1v) is 3.25. The van der Waals surface area contributed by atoms with Crippen LogP contribution >= 0.6 is 0 Å². The molecule has 0 atom stereocenters. The number of carbonyl (C=O) groups is 2. The minimum Gasteiger partial charge on any atom is -0.479 e. The summed E-state index contributed by atoms with van der Waals surface area (Å²) in [6.07, 6.45) is 2.23. The van der Waals surface area contributed by atoms with Crippen molar-refractivity contribution in [3.8, 4) is 0 Å². The second-order valence-corrected chi connectivity index (χ2v) is 2.25. The Hall–Kier alpha value is -2.05. The van der Waals surface area contributed by atoms with E-state index in [4.69, 9.17) is 10.2 Å². The molecule has 0 saturated carbocycles. The second-order valence-electron chi connectivity index (χ2n) is 2.25. The van der Waals surface area contributed by atoms with Crippen LogP contribution in [0.4, 0.5) is 0 Å². The minimum absolute atomic E-state index is 0.588. The number of hydrogen-bond acceptors (Lipinski definition) is 3. The van der Waals surface area contributed by atoms with Gasteiger partial charge >= 0.3 is 17.6 Å². The molecule has 0 fully saturated rings. The van der Waals surface area contributed by atoms with Gasteiger partial charge < -0.3 is 15.2 Å². The summed E-state index contributed by atoms with van der Waals surface area (Å²) < 4.78 is 0.588. The van der Waals surface area contributed by atoms with Crippen LogP contribution in [0.3, 0.4) is 0 Å². The molecule has 70 valence electrons. The Bertz CT molecular complexity index is 376. The Morgan fingerprint density at radius 2 is 1.92 bits per heavy atom. The fraction of sp³-hybridized carbons (Fsp3) is 0.167. The maximum Gasteiger partial charge on any atom is 0.338 e. The van der Waals surface area contributed by atoms with E-state index in [9.17, 15) is 14.4 Å². The van der Waals surface area contributed by atoms with E-state index in [2.05, 4.69) is 4.98 Å². The van der Waals surface area contributed by atoms with Gasteiger partial charge in [0.2, 0.25) is 6.04 Å². The van der Waals surface area contributed by atoms with Crippen molar-refractivity contribution in [1.29, 1.82) is 0 Å². The zero-order valence-corrected chi connectivity index (χ0v) is 6.30. The summed E-state index contributed by atoms with van der Waals surface area (Å²) in [5.41, 5.74) is -0.769. The van der Waals surface area contributed by atoms with Crippen molar-refractivity contribution in [2.24, 2.45) is 0 Å². The molecule has 0 saturated heterocycles.